The Balaban J connectivity index is 1.69. The second kappa shape index (κ2) is 5.45. The molecule has 2 aromatic rings. The van der Waals surface area contributed by atoms with Crippen molar-refractivity contribution >= 4 is 11.3 Å². The smallest absolute Gasteiger partial charge is 0.139 e. The molecule has 1 saturated heterocycles. The lowest BCUT2D eigenvalue weighted by atomic mass is 10.2. The molecule has 1 fully saturated rings. The maximum atomic E-state index is 5.89. The Morgan fingerprint density at radius 1 is 1.53 bits per heavy atom. The molecule has 102 valence electrons. The van der Waals surface area contributed by atoms with Crippen LogP contribution in [0.5, 0.6) is 0 Å². The molecule has 0 unspecified atom stereocenters. The number of hydrogen-bond donors (Lipinski definition) is 0. The number of ether oxygens (including phenoxy) is 1. The fraction of sp³-hybridized carbons (Fsp3) is 0.500. The molecule has 0 saturated carbocycles. The van der Waals surface area contributed by atoms with Crippen molar-refractivity contribution in [2.45, 2.75) is 19.6 Å². The fourth-order valence-corrected chi connectivity index (χ4v) is 3.24. The van der Waals surface area contributed by atoms with Gasteiger partial charge in [0.15, 0.2) is 0 Å². The summed E-state index contributed by atoms with van der Waals surface area (Å²) in [7, 11) is 2.04. The van der Waals surface area contributed by atoms with Gasteiger partial charge in [0.1, 0.15) is 11.9 Å². The van der Waals surface area contributed by atoms with Crippen LogP contribution in [-0.4, -0.2) is 34.1 Å². The number of aromatic nitrogens is 2. The van der Waals surface area contributed by atoms with Crippen LogP contribution in [0.4, 0.5) is 0 Å². The minimum atomic E-state index is 0.0890. The molecule has 0 amide bonds. The lowest BCUT2D eigenvalue weighted by molar-refractivity contribution is -0.0383. The van der Waals surface area contributed by atoms with Crippen LogP contribution in [0.25, 0.3) is 0 Å². The van der Waals surface area contributed by atoms with E-state index in [1.807, 2.05) is 14.0 Å². The Hall–Kier alpha value is -1.17. The predicted octanol–water partition coefficient (Wildman–Crippen LogP) is 2.36. The molecule has 0 N–H and O–H groups in total. The summed E-state index contributed by atoms with van der Waals surface area (Å²) in [5.41, 5.74) is 2.44. The quantitative estimate of drug-likeness (QED) is 0.863. The van der Waals surface area contributed by atoms with Gasteiger partial charge in [-0.15, -0.1) is 0 Å². The van der Waals surface area contributed by atoms with Gasteiger partial charge in [0, 0.05) is 32.9 Å². The zero-order valence-electron chi connectivity index (χ0n) is 11.4. The number of rotatable bonds is 3. The van der Waals surface area contributed by atoms with Gasteiger partial charge in [-0.1, -0.05) is 0 Å². The Labute approximate surface area is 117 Å². The van der Waals surface area contributed by atoms with Crippen LogP contribution in [0.3, 0.4) is 0 Å². The molecule has 4 nitrogen and oxygen atoms in total. The van der Waals surface area contributed by atoms with Crippen LogP contribution in [0.1, 0.15) is 23.2 Å². The zero-order chi connectivity index (χ0) is 13.2. The van der Waals surface area contributed by atoms with E-state index in [1.54, 1.807) is 11.3 Å². The monoisotopic (exact) mass is 277 g/mol. The molecule has 2 aromatic heterocycles. The Kier molecular flexibility index (Phi) is 3.68. The molecule has 1 aliphatic heterocycles. The number of morpholine rings is 1. The summed E-state index contributed by atoms with van der Waals surface area (Å²) < 4.78 is 7.96. The van der Waals surface area contributed by atoms with E-state index >= 15 is 0 Å². The summed E-state index contributed by atoms with van der Waals surface area (Å²) in [4.78, 5) is 7.02. The van der Waals surface area contributed by atoms with Gasteiger partial charge in [-0.25, -0.2) is 4.98 Å². The second-order valence-corrected chi connectivity index (χ2v) is 5.86. The molecule has 0 aromatic carbocycles. The normalized spacial score (nSPS) is 20.8. The Bertz CT molecular complexity index is 535. The highest BCUT2D eigenvalue weighted by atomic mass is 32.1. The number of nitrogens with zero attached hydrogens (tertiary/aromatic N) is 3. The fourth-order valence-electron chi connectivity index (χ4n) is 2.58. The maximum Gasteiger partial charge on any atom is 0.139 e. The third-order valence-electron chi connectivity index (χ3n) is 3.46. The molecule has 0 aliphatic carbocycles. The van der Waals surface area contributed by atoms with Gasteiger partial charge in [0.2, 0.25) is 0 Å². The Morgan fingerprint density at radius 2 is 2.42 bits per heavy atom. The molecule has 1 aliphatic rings. The molecular weight excluding hydrogens is 258 g/mol. The summed E-state index contributed by atoms with van der Waals surface area (Å²) in [6.07, 6.45) is 2.14. The van der Waals surface area contributed by atoms with Crippen molar-refractivity contribution < 1.29 is 4.74 Å². The van der Waals surface area contributed by atoms with Crippen LogP contribution in [-0.2, 0) is 18.3 Å². The number of thiophene rings is 1. The number of aryl methyl sites for hydroxylation is 2. The SMILES string of the molecule is Cc1cn(C)c([C@H]2CN(Cc3ccsc3)CCO2)n1. The maximum absolute atomic E-state index is 5.89. The van der Waals surface area contributed by atoms with E-state index < -0.39 is 0 Å². The van der Waals surface area contributed by atoms with Crippen molar-refractivity contribution in [3.8, 4) is 0 Å². The van der Waals surface area contributed by atoms with Crippen molar-refractivity contribution in [2.24, 2.45) is 7.05 Å². The molecule has 0 bridgehead atoms. The summed E-state index contributed by atoms with van der Waals surface area (Å²) in [5.74, 6) is 1.03. The van der Waals surface area contributed by atoms with E-state index in [-0.39, 0.29) is 6.10 Å². The lowest BCUT2D eigenvalue weighted by Gasteiger charge is -2.32. The molecule has 0 spiro atoms. The van der Waals surface area contributed by atoms with Gasteiger partial charge < -0.3 is 9.30 Å². The summed E-state index contributed by atoms with van der Waals surface area (Å²) in [6, 6.07) is 2.19. The first kappa shape index (κ1) is 12.8. The third-order valence-corrected chi connectivity index (χ3v) is 4.19. The van der Waals surface area contributed by atoms with Crippen LogP contribution in [0.15, 0.2) is 23.0 Å². The third kappa shape index (κ3) is 2.88. The van der Waals surface area contributed by atoms with Gasteiger partial charge in [0.05, 0.1) is 12.3 Å². The standard InChI is InChI=1S/C14H19N3OS/c1-11-7-16(2)14(15-11)13-9-17(4-5-18-13)8-12-3-6-19-10-12/h3,6-7,10,13H,4-5,8-9H2,1-2H3/t13-/m1/s1. The van der Waals surface area contributed by atoms with Gasteiger partial charge >= 0.3 is 0 Å². The van der Waals surface area contributed by atoms with Gasteiger partial charge in [0.25, 0.3) is 0 Å². The first-order valence-corrected chi connectivity index (χ1v) is 7.51. The molecular formula is C14H19N3OS. The minimum absolute atomic E-state index is 0.0890. The first-order chi connectivity index (χ1) is 9.22. The highest BCUT2D eigenvalue weighted by molar-refractivity contribution is 7.07. The van der Waals surface area contributed by atoms with Gasteiger partial charge in [-0.3, -0.25) is 4.90 Å². The van der Waals surface area contributed by atoms with Crippen molar-refractivity contribution in [3.63, 3.8) is 0 Å². The van der Waals surface area contributed by atoms with Crippen molar-refractivity contribution in [2.75, 3.05) is 19.7 Å². The van der Waals surface area contributed by atoms with Crippen molar-refractivity contribution in [1.29, 1.82) is 0 Å². The van der Waals surface area contributed by atoms with Crippen LogP contribution < -0.4 is 0 Å². The predicted molar refractivity (Wildman–Crippen MR) is 76.2 cm³/mol. The highest BCUT2D eigenvalue weighted by Gasteiger charge is 2.25. The molecule has 5 heteroatoms. The molecule has 19 heavy (non-hydrogen) atoms. The van der Waals surface area contributed by atoms with Crippen molar-refractivity contribution in [3.05, 3.63) is 40.1 Å². The largest absolute Gasteiger partial charge is 0.368 e. The van der Waals surface area contributed by atoms with Crippen LogP contribution in [0.2, 0.25) is 0 Å². The summed E-state index contributed by atoms with van der Waals surface area (Å²) >= 11 is 1.76. The number of imidazole rings is 1. The average molecular weight is 277 g/mol. The lowest BCUT2D eigenvalue weighted by Crippen LogP contribution is -2.38. The van der Waals surface area contributed by atoms with E-state index in [0.717, 1.165) is 37.8 Å². The number of hydrogen-bond acceptors (Lipinski definition) is 4. The molecule has 3 heterocycles. The van der Waals surface area contributed by atoms with E-state index in [4.69, 9.17) is 4.74 Å². The van der Waals surface area contributed by atoms with Gasteiger partial charge in [-0.05, 0) is 29.3 Å². The highest BCUT2D eigenvalue weighted by Crippen LogP contribution is 2.22. The average Bonchev–Trinajstić information content (AvgIpc) is 2.99. The Morgan fingerprint density at radius 3 is 3.11 bits per heavy atom. The van der Waals surface area contributed by atoms with E-state index in [1.165, 1.54) is 5.56 Å². The first-order valence-electron chi connectivity index (χ1n) is 6.57. The van der Waals surface area contributed by atoms with E-state index in [9.17, 15) is 0 Å². The molecule has 1 atom stereocenters. The van der Waals surface area contributed by atoms with Gasteiger partial charge in [-0.2, -0.15) is 11.3 Å². The topological polar surface area (TPSA) is 30.3 Å². The zero-order valence-corrected chi connectivity index (χ0v) is 12.2. The van der Waals surface area contributed by atoms with Crippen molar-refractivity contribution in [1.82, 2.24) is 14.5 Å². The summed E-state index contributed by atoms with van der Waals surface area (Å²) in [5, 5.41) is 4.35. The summed E-state index contributed by atoms with van der Waals surface area (Å²) in [6.45, 7) is 5.72. The van der Waals surface area contributed by atoms with Crippen LogP contribution >= 0.6 is 11.3 Å². The van der Waals surface area contributed by atoms with Crippen LogP contribution in [0, 0.1) is 6.92 Å². The molecule has 3 rings (SSSR count). The molecule has 0 radical (unpaired) electrons. The van der Waals surface area contributed by atoms with E-state index in [2.05, 4.69) is 37.5 Å². The van der Waals surface area contributed by atoms with E-state index in [0.29, 0.717) is 0 Å². The minimum Gasteiger partial charge on any atom is -0.368 e. The second-order valence-electron chi connectivity index (χ2n) is 5.08.